The Morgan fingerprint density at radius 1 is 1.15 bits per heavy atom. The molecule has 9 nitrogen and oxygen atoms in total. The minimum Gasteiger partial charge on any atom is -0.432 e. The normalized spacial score (nSPS) is 17.4. The fourth-order valence-electron chi connectivity index (χ4n) is 4.50. The monoisotopic (exact) mass is 462 g/mol. The molecule has 1 aliphatic carbocycles. The van der Waals surface area contributed by atoms with Crippen molar-refractivity contribution in [1.82, 2.24) is 15.3 Å². The molecule has 5 rings (SSSR count). The molecule has 34 heavy (non-hydrogen) atoms. The molecule has 1 saturated heterocycles. The van der Waals surface area contributed by atoms with E-state index in [1.54, 1.807) is 12.3 Å². The molecule has 2 N–H and O–H groups in total. The Bertz CT molecular complexity index is 1180. The first-order chi connectivity index (χ1) is 16.7. The number of aromatic nitrogens is 2. The molecule has 0 spiro atoms. The van der Waals surface area contributed by atoms with Crippen LogP contribution in [0.4, 0.5) is 11.8 Å². The maximum atomic E-state index is 12.9. The van der Waals surface area contributed by atoms with Gasteiger partial charge in [0, 0.05) is 25.2 Å². The van der Waals surface area contributed by atoms with Gasteiger partial charge in [-0.3, -0.25) is 4.79 Å². The van der Waals surface area contributed by atoms with Gasteiger partial charge in [-0.2, -0.15) is 15.1 Å². The van der Waals surface area contributed by atoms with Gasteiger partial charge in [-0.05, 0) is 25.3 Å². The number of aryl methyl sites for hydroxylation is 1. The number of nitrogens with zero attached hydrogens (tertiary/aromatic N) is 4. The predicted molar refractivity (Wildman–Crippen MR) is 132 cm³/mol. The van der Waals surface area contributed by atoms with Gasteiger partial charge in [0.25, 0.3) is 5.91 Å². The lowest BCUT2D eigenvalue weighted by Gasteiger charge is -2.28. The van der Waals surface area contributed by atoms with Gasteiger partial charge < -0.3 is 19.4 Å². The van der Waals surface area contributed by atoms with Gasteiger partial charge in [0.1, 0.15) is 5.82 Å². The summed E-state index contributed by atoms with van der Waals surface area (Å²) in [4.78, 5) is 24.2. The number of hydrazone groups is 1. The van der Waals surface area contributed by atoms with Crippen molar-refractivity contribution in [3.63, 3.8) is 0 Å². The first-order valence-corrected chi connectivity index (χ1v) is 12.0. The van der Waals surface area contributed by atoms with E-state index in [9.17, 15) is 4.79 Å². The van der Waals surface area contributed by atoms with Crippen molar-refractivity contribution >= 4 is 35.0 Å². The van der Waals surface area contributed by atoms with Gasteiger partial charge in [-0.1, -0.05) is 49.1 Å². The Hall–Kier alpha value is -3.46. The van der Waals surface area contributed by atoms with Crippen molar-refractivity contribution in [2.45, 2.75) is 45.1 Å². The topological polar surface area (TPSA) is 105 Å². The smallest absolute Gasteiger partial charge is 0.287 e. The van der Waals surface area contributed by atoms with E-state index in [2.05, 4.69) is 25.7 Å². The maximum absolute atomic E-state index is 12.9. The van der Waals surface area contributed by atoms with Crippen molar-refractivity contribution in [2.24, 2.45) is 5.10 Å². The number of morpholine rings is 1. The number of fused-ring (bicyclic) bond motifs is 1. The fraction of sp³-hybridized carbons (Fsp3) is 0.440. The maximum Gasteiger partial charge on any atom is 0.287 e. The minimum absolute atomic E-state index is 0.201. The molecule has 3 aromatic rings. The van der Waals surface area contributed by atoms with Crippen LogP contribution < -0.4 is 15.6 Å². The van der Waals surface area contributed by atoms with Crippen molar-refractivity contribution in [3.8, 4) is 0 Å². The molecule has 0 atom stereocenters. The van der Waals surface area contributed by atoms with Crippen LogP contribution in [0.15, 0.2) is 39.9 Å². The lowest BCUT2D eigenvalue weighted by molar-refractivity contribution is 0.0901. The highest BCUT2D eigenvalue weighted by Gasteiger charge is 2.24. The number of furan rings is 1. The molecule has 0 bridgehead atoms. The fourth-order valence-corrected chi connectivity index (χ4v) is 4.50. The number of carbonyl (C=O) groups is 1. The summed E-state index contributed by atoms with van der Waals surface area (Å²) in [5, 5.41) is 8.13. The van der Waals surface area contributed by atoms with E-state index in [-0.39, 0.29) is 17.7 Å². The lowest BCUT2D eigenvalue weighted by Crippen LogP contribution is -2.37. The molecule has 2 fully saturated rings. The highest BCUT2D eigenvalue weighted by Crippen LogP contribution is 2.29. The van der Waals surface area contributed by atoms with Crippen LogP contribution in [0.5, 0.6) is 0 Å². The highest BCUT2D eigenvalue weighted by molar-refractivity contribution is 5.98. The van der Waals surface area contributed by atoms with Gasteiger partial charge in [0.15, 0.2) is 5.76 Å². The molecule has 1 saturated carbocycles. The van der Waals surface area contributed by atoms with Crippen molar-refractivity contribution in [2.75, 3.05) is 36.6 Å². The molecule has 2 aliphatic rings. The SMILES string of the molecule is Cc1cccc(/C=N/Nc2nc(N3CCOCC3)c3cc(C(=O)NC4CCCCC4)oc3n2)c1. The first kappa shape index (κ1) is 22.3. The molecule has 178 valence electrons. The van der Waals surface area contributed by atoms with E-state index in [1.165, 1.54) is 6.42 Å². The van der Waals surface area contributed by atoms with Crippen molar-refractivity contribution in [1.29, 1.82) is 0 Å². The summed E-state index contributed by atoms with van der Waals surface area (Å²) in [5.74, 6) is 1.07. The van der Waals surface area contributed by atoms with E-state index < -0.39 is 0 Å². The van der Waals surface area contributed by atoms with Crippen LogP contribution >= 0.6 is 0 Å². The molecule has 1 aliphatic heterocycles. The number of nitrogens with one attached hydrogen (secondary N) is 2. The summed E-state index contributed by atoms with van der Waals surface area (Å²) < 4.78 is 11.4. The Balaban J connectivity index is 1.41. The van der Waals surface area contributed by atoms with Crippen LogP contribution in [0.2, 0.25) is 0 Å². The number of hydrogen-bond donors (Lipinski definition) is 2. The summed E-state index contributed by atoms with van der Waals surface area (Å²) in [6, 6.07) is 9.99. The molecule has 3 heterocycles. The van der Waals surface area contributed by atoms with Crippen LogP contribution in [-0.2, 0) is 4.74 Å². The number of ether oxygens (including phenoxy) is 1. The van der Waals surface area contributed by atoms with Crippen molar-refractivity contribution in [3.05, 3.63) is 47.2 Å². The van der Waals surface area contributed by atoms with E-state index in [0.29, 0.717) is 49.2 Å². The zero-order valence-corrected chi connectivity index (χ0v) is 19.4. The van der Waals surface area contributed by atoms with Crippen LogP contribution in [0.25, 0.3) is 11.1 Å². The third kappa shape index (κ3) is 5.20. The Labute approximate surface area is 198 Å². The second-order valence-electron chi connectivity index (χ2n) is 8.89. The molecule has 0 radical (unpaired) electrons. The Kier molecular flexibility index (Phi) is 6.71. The zero-order chi connectivity index (χ0) is 23.3. The predicted octanol–water partition coefficient (Wildman–Crippen LogP) is 3.88. The molecule has 9 heteroatoms. The molecular weight excluding hydrogens is 432 g/mol. The number of carbonyl (C=O) groups excluding carboxylic acids is 1. The van der Waals surface area contributed by atoms with Crippen LogP contribution in [-0.4, -0.2) is 54.4 Å². The molecule has 1 amide bonds. The third-order valence-corrected chi connectivity index (χ3v) is 6.27. The van der Waals surface area contributed by atoms with E-state index in [4.69, 9.17) is 14.1 Å². The average Bonchev–Trinajstić information content (AvgIpc) is 3.29. The number of amides is 1. The van der Waals surface area contributed by atoms with E-state index in [0.717, 1.165) is 36.8 Å². The second-order valence-corrected chi connectivity index (χ2v) is 8.89. The Morgan fingerprint density at radius 2 is 1.97 bits per heavy atom. The summed E-state index contributed by atoms with van der Waals surface area (Å²) in [6.45, 7) is 4.68. The molecular formula is C25H30N6O3. The van der Waals surface area contributed by atoms with Gasteiger partial charge in [0.05, 0.1) is 24.8 Å². The lowest BCUT2D eigenvalue weighted by atomic mass is 9.95. The van der Waals surface area contributed by atoms with E-state index >= 15 is 0 Å². The first-order valence-electron chi connectivity index (χ1n) is 12.0. The van der Waals surface area contributed by atoms with Gasteiger partial charge >= 0.3 is 0 Å². The highest BCUT2D eigenvalue weighted by atomic mass is 16.5. The third-order valence-electron chi connectivity index (χ3n) is 6.27. The molecule has 2 aromatic heterocycles. The largest absolute Gasteiger partial charge is 0.432 e. The number of anilines is 2. The van der Waals surface area contributed by atoms with E-state index in [1.807, 2.05) is 31.2 Å². The van der Waals surface area contributed by atoms with Crippen LogP contribution in [0, 0.1) is 6.92 Å². The molecule has 0 unspecified atom stereocenters. The number of benzene rings is 1. The van der Waals surface area contributed by atoms with Crippen LogP contribution in [0.1, 0.15) is 53.8 Å². The van der Waals surface area contributed by atoms with Gasteiger partial charge in [-0.15, -0.1) is 0 Å². The molecule has 1 aromatic carbocycles. The number of hydrogen-bond acceptors (Lipinski definition) is 8. The van der Waals surface area contributed by atoms with Gasteiger partial charge in [0.2, 0.25) is 11.7 Å². The summed E-state index contributed by atoms with van der Waals surface area (Å²) in [7, 11) is 0. The Morgan fingerprint density at radius 3 is 2.76 bits per heavy atom. The van der Waals surface area contributed by atoms with Crippen LogP contribution in [0.3, 0.4) is 0 Å². The number of rotatable bonds is 6. The van der Waals surface area contributed by atoms with Crippen molar-refractivity contribution < 1.29 is 13.9 Å². The summed E-state index contributed by atoms with van der Waals surface area (Å²) >= 11 is 0. The second kappa shape index (κ2) is 10.2. The standard InChI is InChI=1S/C25H30N6O3/c1-17-6-5-7-18(14-17)16-26-30-25-28-22(31-10-12-33-13-11-31)20-15-21(34-24(20)29-25)23(32)27-19-8-3-2-4-9-19/h5-7,14-16,19H,2-4,8-13H2,1H3,(H,27,32)(H,28,29,30)/b26-16+. The summed E-state index contributed by atoms with van der Waals surface area (Å²) in [6.07, 6.45) is 7.28. The zero-order valence-electron chi connectivity index (χ0n) is 19.4. The quantitative estimate of drug-likeness (QED) is 0.423. The van der Waals surface area contributed by atoms with Gasteiger partial charge in [-0.25, -0.2) is 5.43 Å². The summed E-state index contributed by atoms with van der Waals surface area (Å²) in [5.41, 5.74) is 5.41. The average molecular weight is 463 g/mol. The minimum atomic E-state index is -0.204.